The first-order valence-corrected chi connectivity index (χ1v) is 22.1. The number of carboxylic acid groups (broad SMARTS) is 1. The van der Waals surface area contributed by atoms with Gasteiger partial charge in [0.05, 0.1) is 19.0 Å². The molecule has 1 saturated carbocycles. The van der Waals surface area contributed by atoms with Crippen molar-refractivity contribution in [1.29, 1.82) is 0 Å². The molecule has 3 aliphatic rings. The van der Waals surface area contributed by atoms with Gasteiger partial charge in [-0.15, -0.1) is 0 Å². The Kier molecular flexibility index (Phi) is 12.3. The fourth-order valence-corrected chi connectivity index (χ4v) is 10.9. The molecule has 1 spiro atoms. The maximum Gasteiger partial charge on any atom is 0.329 e. The van der Waals surface area contributed by atoms with Gasteiger partial charge >= 0.3 is 5.97 Å². The lowest BCUT2D eigenvalue weighted by Gasteiger charge is -2.47. The van der Waals surface area contributed by atoms with Crippen molar-refractivity contribution in [3.8, 4) is 11.5 Å². The van der Waals surface area contributed by atoms with Crippen molar-refractivity contribution in [2.24, 2.45) is 11.8 Å². The fourth-order valence-electron chi connectivity index (χ4n) is 9.50. The quantitative estimate of drug-likeness (QED) is 0.0959. The van der Waals surface area contributed by atoms with E-state index < -0.39 is 21.5 Å². The number of aryl methyl sites for hydroxylation is 1. The van der Waals surface area contributed by atoms with Crippen LogP contribution in [-0.2, 0) is 38.8 Å². The molecule has 298 valence electrons. The van der Waals surface area contributed by atoms with Gasteiger partial charge in [0.25, 0.3) is 0 Å². The summed E-state index contributed by atoms with van der Waals surface area (Å²) in [4.78, 5) is 17.7. The normalized spacial score (nSPS) is 23.6. The van der Waals surface area contributed by atoms with Crippen molar-refractivity contribution in [3.05, 3.63) is 118 Å². The van der Waals surface area contributed by atoms with E-state index in [-0.39, 0.29) is 23.6 Å². The van der Waals surface area contributed by atoms with Gasteiger partial charge in [-0.2, -0.15) is 0 Å². The molecular weight excluding hydrogens is 746 g/mol. The number of sulfonamides is 1. The first-order valence-electron chi connectivity index (χ1n) is 20.1. The topological polar surface area (TPSA) is 127 Å². The van der Waals surface area contributed by atoms with Gasteiger partial charge in [-0.1, -0.05) is 67.9 Å². The Morgan fingerprint density at radius 1 is 1.02 bits per heavy atom. The molecule has 0 bridgehead atoms. The van der Waals surface area contributed by atoms with Crippen LogP contribution >= 0.6 is 11.6 Å². The van der Waals surface area contributed by atoms with Crippen molar-refractivity contribution in [2.75, 3.05) is 25.1 Å². The zero-order chi connectivity index (χ0) is 39.3. The van der Waals surface area contributed by atoms with Crippen molar-refractivity contribution in [3.63, 3.8) is 0 Å². The number of anilines is 1. The highest BCUT2D eigenvalue weighted by molar-refractivity contribution is 7.88. The van der Waals surface area contributed by atoms with Crippen LogP contribution in [0.2, 0.25) is 5.02 Å². The minimum atomic E-state index is -3.46. The summed E-state index contributed by atoms with van der Waals surface area (Å²) in [7, 11) is -3.46. The van der Waals surface area contributed by atoms with E-state index in [1.165, 1.54) is 16.7 Å². The SMILES string of the molecule is C[C@@H](COc1ccnc2c1[C@H](C)CCC2)C[C@H]1Cc2ccc(OCCCNS(=O)(=O)Cc3ccccc3)cc2C12CCC(Nc1cccc(Cl)c1)(C(=O)O)CC2. The van der Waals surface area contributed by atoms with Crippen molar-refractivity contribution < 1.29 is 27.8 Å². The average Bonchev–Trinajstić information content (AvgIpc) is 3.46. The van der Waals surface area contributed by atoms with Crippen LogP contribution in [0.5, 0.6) is 11.5 Å². The van der Waals surface area contributed by atoms with Gasteiger partial charge in [-0.05, 0) is 140 Å². The second kappa shape index (κ2) is 17.2. The van der Waals surface area contributed by atoms with Crippen molar-refractivity contribution in [1.82, 2.24) is 9.71 Å². The molecule has 1 fully saturated rings. The van der Waals surface area contributed by atoms with Crippen LogP contribution in [0, 0.1) is 11.8 Å². The predicted octanol–water partition coefficient (Wildman–Crippen LogP) is 9.09. The number of fused-ring (bicyclic) bond motifs is 3. The highest BCUT2D eigenvalue weighted by Crippen LogP contribution is 2.57. The highest BCUT2D eigenvalue weighted by Gasteiger charge is 2.54. The Morgan fingerprint density at radius 3 is 2.59 bits per heavy atom. The van der Waals surface area contributed by atoms with E-state index >= 15 is 0 Å². The summed E-state index contributed by atoms with van der Waals surface area (Å²) < 4.78 is 40.8. The molecule has 0 aliphatic heterocycles. The number of pyridine rings is 1. The molecule has 3 N–H and O–H groups in total. The van der Waals surface area contributed by atoms with E-state index in [0.717, 1.165) is 54.9 Å². The largest absolute Gasteiger partial charge is 0.494 e. The van der Waals surface area contributed by atoms with E-state index in [0.29, 0.717) is 67.9 Å². The molecule has 3 atom stereocenters. The van der Waals surface area contributed by atoms with Crippen LogP contribution in [0.1, 0.15) is 99.1 Å². The van der Waals surface area contributed by atoms with E-state index in [1.54, 1.807) is 24.3 Å². The lowest BCUT2D eigenvalue weighted by atomic mass is 9.59. The minimum Gasteiger partial charge on any atom is -0.494 e. The number of carboxylic acids is 1. The van der Waals surface area contributed by atoms with Crippen LogP contribution in [0.25, 0.3) is 0 Å². The predicted molar refractivity (Wildman–Crippen MR) is 221 cm³/mol. The lowest BCUT2D eigenvalue weighted by Crippen LogP contribution is -2.53. The Balaban J connectivity index is 1.05. The molecular formula is C45H54ClN3O6S. The van der Waals surface area contributed by atoms with Gasteiger partial charge < -0.3 is 19.9 Å². The summed E-state index contributed by atoms with van der Waals surface area (Å²) in [5.74, 6) is 1.80. The molecule has 3 aromatic carbocycles. The van der Waals surface area contributed by atoms with Crippen LogP contribution < -0.4 is 19.5 Å². The minimum absolute atomic E-state index is 0.0593. The molecule has 11 heteroatoms. The molecule has 56 heavy (non-hydrogen) atoms. The number of nitrogens with one attached hydrogen (secondary N) is 2. The molecule has 0 saturated heterocycles. The number of hydrogen-bond donors (Lipinski definition) is 3. The molecule has 0 radical (unpaired) electrons. The smallest absolute Gasteiger partial charge is 0.329 e. The Labute approximate surface area is 336 Å². The number of rotatable bonds is 16. The van der Waals surface area contributed by atoms with E-state index in [1.807, 2.05) is 48.7 Å². The number of hydrogen-bond acceptors (Lipinski definition) is 7. The number of benzene rings is 3. The van der Waals surface area contributed by atoms with Gasteiger partial charge in [0.1, 0.15) is 17.0 Å². The first-order chi connectivity index (χ1) is 27.0. The summed E-state index contributed by atoms with van der Waals surface area (Å²) in [5, 5.41) is 14.6. The summed E-state index contributed by atoms with van der Waals surface area (Å²) in [5.41, 5.74) is 5.06. The van der Waals surface area contributed by atoms with Gasteiger partial charge in [0.15, 0.2) is 0 Å². The van der Waals surface area contributed by atoms with Crippen LogP contribution in [0.15, 0.2) is 85.1 Å². The number of nitrogens with zero attached hydrogens (tertiary/aromatic N) is 1. The van der Waals surface area contributed by atoms with Gasteiger partial charge in [0.2, 0.25) is 10.0 Å². The van der Waals surface area contributed by atoms with E-state index in [2.05, 4.69) is 41.0 Å². The molecule has 4 aromatic rings. The summed E-state index contributed by atoms with van der Waals surface area (Å²) in [6.45, 7) is 5.78. The number of aliphatic carboxylic acids is 1. The maximum atomic E-state index is 13.0. The highest BCUT2D eigenvalue weighted by atomic mass is 35.5. The lowest BCUT2D eigenvalue weighted by molar-refractivity contribution is -0.144. The Bertz CT molecular complexity index is 2100. The molecule has 1 aromatic heterocycles. The molecule has 7 rings (SSSR count). The van der Waals surface area contributed by atoms with Crippen LogP contribution in [0.3, 0.4) is 0 Å². The van der Waals surface area contributed by atoms with E-state index in [9.17, 15) is 18.3 Å². The molecule has 0 amide bonds. The van der Waals surface area contributed by atoms with E-state index in [4.69, 9.17) is 21.1 Å². The van der Waals surface area contributed by atoms with Crippen molar-refractivity contribution in [2.45, 2.75) is 101 Å². The zero-order valence-corrected chi connectivity index (χ0v) is 34.0. The number of halogens is 1. The number of ether oxygens (including phenoxy) is 2. The second-order valence-corrected chi connectivity index (χ2v) is 18.6. The third kappa shape index (κ3) is 9.03. The van der Waals surface area contributed by atoms with Gasteiger partial charge in [-0.25, -0.2) is 17.9 Å². The number of aromatic nitrogens is 1. The standard InChI is InChI=1S/C45H54ClN3O6S/c1-31(29-55-41-17-23-47-40-14-6-9-32(2)42(40)41)25-35-26-34-15-16-38(54-24-8-22-48-56(52,53)30-33-10-4-3-5-11-33)28-39(34)44(35)18-20-45(21-19-44,43(50)51)49-37-13-7-12-36(46)27-37/h3-5,7,10-13,15-17,23,27-28,31-32,35,48-49H,6,8-9,14,18-22,24-26,29-30H2,1-2H3,(H,50,51)/t31-,32-,35+,44?,45?/m1/s1. The van der Waals surface area contributed by atoms with Gasteiger partial charge in [-0.3, -0.25) is 4.98 Å². The zero-order valence-electron chi connectivity index (χ0n) is 32.4. The monoisotopic (exact) mass is 799 g/mol. The molecule has 0 unspecified atom stereocenters. The molecule has 3 aliphatic carbocycles. The Hall–Kier alpha value is -4.12. The maximum absolute atomic E-state index is 13.0. The third-order valence-corrected chi connectivity index (χ3v) is 14.0. The summed E-state index contributed by atoms with van der Waals surface area (Å²) >= 11 is 6.29. The molecule has 9 nitrogen and oxygen atoms in total. The van der Waals surface area contributed by atoms with Crippen molar-refractivity contribution >= 4 is 33.3 Å². The van der Waals surface area contributed by atoms with Crippen LogP contribution in [-0.4, -0.2) is 49.8 Å². The van der Waals surface area contributed by atoms with Crippen LogP contribution in [0.4, 0.5) is 5.69 Å². The van der Waals surface area contributed by atoms with Gasteiger partial charge in [0, 0.05) is 34.7 Å². The summed E-state index contributed by atoms with van der Waals surface area (Å²) in [6.07, 6.45) is 9.90. The first kappa shape index (κ1) is 40.1. The average molecular weight is 800 g/mol. The summed E-state index contributed by atoms with van der Waals surface area (Å²) in [6, 6.07) is 24.8. The third-order valence-electron chi connectivity index (χ3n) is 12.4. The second-order valence-electron chi connectivity index (χ2n) is 16.4. The Morgan fingerprint density at radius 2 is 1.82 bits per heavy atom. The fraction of sp³-hybridized carbons (Fsp3) is 0.467. The molecule has 1 heterocycles. The number of carbonyl (C=O) groups is 1.